The van der Waals surface area contributed by atoms with E-state index in [9.17, 15) is 22.8 Å². The third kappa shape index (κ3) is 3.99. The van der Waals surface area contributed by atoms with E-state index in [0.717, 1.165) is 4.57 Å². The summed E-state index contributed by atoms with van der Waals surface area (Å²) in [7, 11) is 0. The van der Waals surface area contributed by atoms with Crippen molar-refractivity contribution in [1.29, 1.82) is 0 Å². The number of aromatic nitrogens is 3. The van der Waals surface area contributed by atoms with Gasteiger partial charge in [-0.3, -0.25) is 9.89 Å². The predicted octanol–water partition coefficient (Wildman–Crippen LogP) is 2.43. The van der Waals surface area contributed by atoms with E-state index in [1.54, 1.807) is 0 Å². The Balaban J connectivity index is 2.08. The number of rotatable bonds is 5. The second-order valence-electron chi connectivity index (χ2n) is 4.96. The van der Waals surface area contributed by atoms with Gasteiger partial charge in [0.25, 0.3) is 0 Å². The molecule has 0 saturated carbocycles. The van der Waals surface area contributed by atoms with Crippen LogP contribution >= 0.6 is 0 Å². The highest BCUT2D eigenvalue weighted by Gasteiger charge is 2.30. The molecule has 2 rings (SSSR count). The summed E-state index contributed by atoms with van der Waals surface area (Å²) >= 11 is 0. The number of nitrogens with one attached hydrogen (secondary N) is 1. The van der Waals surface area contributed by atoms with Crippen molar-refractivity contribution in [1.82, 2.24) is 14.8 Å². The van der Waals surface area contributed by atoms with Gasteiger partial charge in [0.15, 0.2) is 6.61 Å². The van der Waals surface area contributed by atoms with Gasteiger partial charge in [-0.15, -0.1) is 0 Å². The Labute approximate surface area is 129 Å². The molecule has 23 heavy (non-hydrogen) atoms. The maximum absolute atomic E-state index is 12.5. The number of carbonyl (C=O) groups is 2. The molecule has 2 heterocycles. The highest BCUT2D eigenvalue weighted by molar-refractivity contribution is 6.00. The number of alkyl halides is 3. The van der Waals surface area contributed by atoms with E-state index in [2.05, 4.69) is 10.2 Å². The van der Waals surface area contributed by atoms with Crippen LogP contribution in [-0.2, 0) is 11.3 Å². The zero-order chi connectivity index (χ0) is 17.2. The number of esters is 1. The molecule has 0 unspecified atom stereocenters. The number of halogens is 3. The van der Waals surface area contributed by atoms with Crippen molar-refractivity contribution in [3.05, 3.63) is 41.0 Å². The summed E-state index contributed by atoms with van der Waals surface area (Å²) in [6, 6.07) is 2.73. The van der Waals surface area contributed by atoms with Gasteiger partial charge in [-0.25, -0.2) is 4.79 Å². The molecule has 0 aromatic carbocycles. The standard InChI is InChI=1S/C14H14F3N3O3/c1-8-5-10(9(2)20(8)7-14(15,16)17)12(21)6-23-13(22)11-3-4-18-19-11/h3-5H,6-7H2,1-2H3,(H,18,19). The first kappa shape index (κ1) is 16.8. The van der Waals surface area contributed by atoms with Crippen molar-refractivity contribution >= 4 is 11.8 Å². The molecule has 1 N–H and O–H groups in total. The number of ketones is 1. The van der Waals surface area contributed by atoms with Gasteiger partial charge in [0.1, 0.15) is 12.2 Å². The van der Waals surface area contributed by atoms with Crippen molar-refractivity contribution in [2.75, 3.05) is 6.61 Å². The summed E-state index contributed by atoms with van der Waals surface area (Å²) in [6.45, 7) is 1.16. The van der Waals surface area contributed by atoms with Crippen LogP contribution in [0.4, 0.5) is 13.2 Å². The number of nitrogens with zero attached hydrogens (tertiary/aromatic N) is 2. The number of Topliss-reactive ketones (excluding diaryl/α,β-unsaturated/α-hetero) is 1. The van der Waals surface area contributed by atoms with Gasteiger partial charge in [0.2, 0.25) is 5.78 Å². The number of aryl methyl sites for hydroxylation is 1. The number of aromatic amines is 1. The number of H-pyrrole nitrogens is 1. The zero-order valence-electron chi connectivity index (χ0n) is 12.4. The monoisotopic (exact) mass is 329 g/mol. The third-order valence-electron chi connectivity index (χ3n) is 3.27. The van der Waals surface area contributed by atoms with E-state index < -0.39 is 31.1 Å². The van der Waals surface area contributed by atoms with Crippen LogP contribution < -0.4 is 0 Å². The van der Waals surface area contributed by atoms with E-state index in [1.165, 1.54) is 32.2 Å². The van der Waals surface area contributed by atoms with Gasteiger partial charge in [-0.2, -0.15) is 18.3 Å². The van der Waals surface area contributed by atoms with Gasteiger partial charge in [-0.1, -0.05) is 0 Å². The Morgan fingerprint density at radius 1 is 1.35 bits per heavy atom. The second kappa shape index (κ2) is 6.27. The Hall–Kier alpha value is -2.58. The number of hydrogen-bond donors (Lipinski definition) is 1. The normalized spacial score (nSPS) is 11.5. The molecule has 2 aromatic heterocycles. The van der Waals surface area contributed by atoms with Crippen LogP contribution in [0.1, 0.15) is 32.2 Å². The van der Waals surface area contributed by atoms with E-state index in [0.29, 0.717) is 5.69 Å². The largest absolute Gasteiger partial charge is 0.453 e. The van der Waals surface area contributed by atoms with Crippen molar-refractivity contribution in [3.8, 4) is 0 Å². The lowest BCUT2D eigenvalue weighted by Crippen LogP contribution is -2.20. The Bertz CT molecular complexity index is 718. The molecule has 124 valence electrons. The Morgan fingerprint density at radius 2 is 2.04 bits per heavy atom. The first-order valence-corrected chi connectivity index (χ1v) is 6.62. The van der Waals surface area contributed by atoms with E-state index >= 15 is 0 Å². The van der Waals surface area contributed by atoms with Crippen molar-refractivity contribution < 1.29 is 27.5 Å². The summed E-state index contributed by atoms with van der Waals surface area (Å²) in [5.41, 5.74) is 0.676. The van der Waals surface area contributed by atoms with E-state index in [1.807, 2.05) is 0 Å². The molecular weight excluding hydrogens is 315 g/mol. The molecule has 0 radical (unpaired) electrons. The van der Waals surface area contributed by atoms with Crippen LogP contribution in [0, 0.1) is 13.8 Å². The van der Waals surface area contributed by atoms with Crippen LogP contribution in [0.2, 0.25) is 0 Å². The van der Waals surface area contributed by atoms with Gasteiger partial charge < -0.3 is 9.30 Å². The summed E-state index contributed by atoms with van der Waals surface area (Å²) in [5.74, 6) is -1.33. The van der Waals surface area contributed by atoms with E-state index in [-0.39, 0.29) is 17.0 Å². The number of hydrogen-bond acceptors (Lipinski definition) is 4. The van der Waals surface area contributed by atoms with E-state index in [4.69, 9.17) is 4.74 Å². The molecule has 0 aliphatic heterocycles. The fourth-order valence-corrected chi connectivity index (χ4v) is 2.16. The van der Waals surface area contributed by atoms with Crippen molar-refractivity contribution in [2.24, 2.45) is 0 Å². The maximum Gasteiger partial charge on any atom is 0.406 e. The Kier molecular flexibility index (Phi) is 4.57. The summed E-state index contributed by atoms with van der Waals surface area (Å²) in [4.78, 5) is 23.7. The second-order valence-corrected chi connectivity index (χ2v) is 4.96. The average Bonchev–Trinajstić information content (AvgIpc) is 3.07. The van der Waals surface area contributed by atoms with Gasteiger partial charge in [0, 0.05) is 23.1 Å². The van der Waals surface area contributed by atoms with Gasteiger partial charge in [-0.05, 0) is 26.0 Å². The average molecular weight is 329 g/mol. The molecular formula is C14H14F3N3O3. The molecule has 9 heteroatoms. The molecule has 6 nitrogen and oxygen atoms in total. The van der Waals surface area contributed by atoms with Crippen molar-refractivity contribution in [2.45, 2.75) is 26.6 Å². The topological polar surface area (TPSA) is 77.0 Å². The minimum Gasteiger partial charge on any atom is -0.453 e. The molecule has 0 spiro atoms. The highest BCUT2D eigenvalue weighted by Crippen LogP contribution is 2.23. The number of ether oxygens (including phenoxy) is 1. The molecule has 2 aromatic rings. The summed E-state index contributed by atoms with van der Waals surface area (Å²) in [5, 5.41) is 5.96. The maximum atomic E-state index is 12.5. The smallest absolute Gasteiger partial charge is 0.406 e. The molecule has 0 aliphatic carbocycles. The predicted molar refractivity (Wildman–Crippen MR) is 73.2 cm³/mol. The lowest BCUT2D eigenvalue weighted by molar-refractivity contribution is -0.141. The molecule has 0 fully saturated rings. The summed E-state index contributed by atoms with van der Waals surface area (Å²) in [6.07, 6.45) is -3.04. The molecule has 0 aliphatic rings. The Morgan fingerprint density at radius 3 is 2.61 bits per heavy atom. The first-order chi connectivity index (χ1) is 10.7. The van der Waals surface area contributed by atoms with Gasteiger partial charge >= 0.3 is 12.1 Å². The van der Waals surface area contributed by atoms with Crippen LogP contribution in [0.15, 0.2) is 18.3 Å². The number of carbonyl (C=O) groups excluding carboxylic acids is 2. The van der Waals surface area contributed by atoms with Crippen LogP contribution in [0.25, 0.3) is 0 Å². The quantitative estimate of drug-likeness (QED) is 0.675. The molecule has 0 saturated heterocycles. The molecule has 0 bridgehead atoms. The lowest BCUT2D eigenvalue weighted by atomic mass is 10.1. The minimum absolute atomic E-state index is 0.0837. The van der Waals surface area contributed by atoms with Crippen LogP contribution in [0.5, 0.6) is 0 Å². The third-order valence-corrected chi connectivity index (χ3v) is 3.27. The van der Waals surface area contributed by atoms with Gasteiger partial charge in [0.05, 0.1) is 0 Å². The van der Waals surface area contributed by atoms with Crippen LogP contribution in [0.3, 0.4) is 0 Å². The molecule has 0 atom stereocenters. The highest BCUT2D eigenvalue weighted by atomic mass is 19.4. The first-order valence-electron chi connectivity index (χ1n) is 6.62. The van der Waals surface area contributed by atoms with Crippen molar-refractivity contribution in [3.63, 3.8) is 0 Å². The minimum atomic E-state index is -4.39. The zero-order valence-corrected chi connectivity index (χ0v) is 12.4. The lowest BCUT2D eigenvalue weighted by Gasteiger charge is -2.12. The molecule has 0 amide bonds. The summed E-state index contributed by atoms with van der Waals surface area (Å²) < 4.78 is 43.4. The fraction of sp³-hybridized carbons (Fsp3) is 0.357. The fourth-order valence-electron chi connectivity index (χ4n) is 2.16. The van der Waals surface area contributed by atoms with Crippen LogP contribution in [-0.4, -0.2) is 39.3 Å². The SMILES string of the molecule is Cc1cc(C(=O)COC(=O)c2ccn[nH]2)c(C)n1CC(F)(F)F.